The summed E-state index contributed by atoms with van der Waals surface area (Å²) in [7, 11) is 3.60. The fraction of sp³-hybridized carbons (Fsp3) is 0.455. The number of benzene rings is 3. The van der Waals surface area contributed by atoms with E-state index in [1.165, 1.54) is 6.08 Å². The van der Waals surface area contributed by atoms with Crippen molar-refractivity contribution in [3.63, 3.8) is 0 Å². The van der Waals surface area contributed by atoms with E-state index in [1.54, 1.807) is 18.9 Å². The summed E-state index contributed by atoms with van der Waals surface area (Å²) in [5, 5.41) is 32.0. The monoisotopic (exact) mass is 823 g/mol. The van der Waals surface area contributed by atoms with Crippen LogP contribution in [0, 0.1) is 20.8 Å². The molecular weight excluding hydrogens is 775 g/mol. The van der Waals surface area contributed by atoms with Gasteiger partial charge in [-0.25, -0.2) is 9.59 Å². The van der Waals surface area contributed by atoms with Crippen molar-refractivity contribution in [1.29, 1.82) is 0 Å². The Kier molecular flexibility index (Phi) is 9.14. The Balaban J connectivity index is 1.16. The number of nitrogens with zero attached hydrogens (tertiary/aromatic N) is 2. The number of fused-ring (bicyclic) bond motifs is 11. The van der Waals surface area contributed by atoms with Gasteiger partial charge >= 0.3 is 12.1 Å². The number of piperazine rings is 1. The summed E-state index contributed by atoms with van der Waals surface area (Å²) in [6.07, 6.45) is 1.01. The number of alkyl carbamates (subject to hydrolysis) is 1. The van der Waals surface area contributed by atoms with E-state index >= 15 is 4.79 Å². The number of H-pyrrole nitrogens is 1. The van der Waals surface area contributed by atoms with Gasteiger partial charge in [-0.1, -0.05) is 36.9 Å². The lowest BCUT2D eigenvalue weighted by Crippen LogP contribution is -2.70. The van der Waals surface area contributed by atoms with Crippen molar-refractivity contribution in [1.82, 2.24) is 25.4 Å². The van der Waals surface area contributed by atoms with Crippen molar-refractivity contribution in [2.45, 2.75) is 80.8 Å². The number of carbonyl (C=O) groups excluding carboxylic acids is 2. The molecule has 5 N–H and O–H groups in total. The number of carbonyl (C=O) groups is 2. The molecule has 1 aromatic heterocycles. The molecule has 4 bridgehead atoms. The first-order valence-corrected chi connectivity index (χ1v) is 21.2. The number of hydrogen-bond acceptors (Lipinski definition) is 13. The number of nitrogens with one attached hydrogen (secondary N) is 3. The predicted molar refractivity (Wildman–Crippen MR) is 220 cm³/mol. The first-order chi connectivity index (χ1) is 28.5. The highest BCUT2D eigenvalue weighted by molar-refractivity contribution is 7.99. The third-order valence-electron chi connectivity index (χ3n) is 13.7. The van der Waals surface area contributed by atoms with Gasteiger partial charge in [0.1, 0.15) is 19.4 Å². The fourth-order valence-corrected chi connectivity index (χ4v) is 12.8. The van der Waals surface area contributed by atoms with Crippen LogP contribution < -0.4 is 24.8 Å². The molecule has 0 aliphatic carbocycles. The number of aryl methyl sites for hydroxylation is 1. The molecule has 1 spiro atoms. The average molecular weight is 824 g/mol. The van der Waals surface area contributed by atoms with Gasteiger partial charge in [-0.15, -0.1) is 11.8 Å². The number of aromatic amines is 1. The van der Waals surface area contributed by atoms with Gasteiger partial charge in [0, 0.05) is 51.7 Å². The summed E-state index contributed by atoms with van der Waals surface area (Å²) < 4.78 is 30.0. The number of hydrogen-bond donors (Lipinski definition) is 5. The quantitative estimate of drug-likeness (QED) is 0.137. The smallest absolute Gasteiger partial charge is 0.407 e. The number of para-hydroxylation sites is 1. The lowest BCUT2D eigenvalue weighted by molar-refractivity contribution is -0.186. The van der Waals surface area contributed by atoms with Crippen molar-refractivity contribution in [3.05, 3.63) is 93.2 Å². The number of aliphatic hydroxyl groups is 1. The van der Waals surface area contributed by atoms with E-state index in [0.29, 0.717) is 30.1 Å². The topological polar surface area (TPSA) is 167 Å². The normalized spacial score (nSPS) is 29.3. The number of methoxy groups -OCH3 is 1. The van der Waals surface area contributed by atoms with Crippen molar-refractivity contribution in [2.75, 3.05) is 46.5 Å². The Labute approximate surface area is 346 Å². The van der Waals surface area contributed by atoms with Crippen LogP contribution in [0.1, 0.15) is 67.5 Å². The Bertz CT molecular complexity index is 2440. The molecule has 0 saturated carbocycles. The van der Waals surface area contributed by atoms with Gasteiger partial charge in [0.25, 0.3) is 0 Å². The van der Waals surface area contributed by atoms with Crippen LogP contribution in [0.5, 0.6) is 23.0 Å². The van der Waals surface area contributed by atoms with Gasteiger partial charge < -0.3 is 44.2 Å². The highest BCUT2D eigenvalue weighted by Crippen LogP contribution is 2.63. The molecule has 0 radical (unpaired) electrons. The van der Waals surface area contributed by atoms with E-state index in [2.05, 4.69) is 51.1 Å². The number of aromatic nitrogens is 1. The maximum atomic E-state index is 15.2. The first kappa shape index (κ1) is 38.3. The third-order valence-corrected chi connectivity index (χ3v) is 15.2. The summed E-state index contributed by atoms with van der Waals surface area (Å²) in [4.78, 5) is 35.8. The van der Waals surface area contributed by atoms with Crippen LogP contribution in [-0.4, -0.2) is 108 Å². The molecule has 8 heterocycles. The molecule has 4 aromatic rings. The molecule has 1 amide bonds. The van der Waals surface area contributed by atoms with E-state index in [-0.39, 0.29) is 61.4 Å². The second-order valence-electron chi connectivity index (χ2n) is 16.6. The van der Waals surface area contributed by atoms with Crippen molar-refractivity contribution >= 4 is 34.7 Å². The molecule has 14 nitrogen and oxygen atoms in total. The average Bonchev–Trinajstić information content (AvgIpc) is 3.87. The zero-order valence-corrected chi connectivity index (χ0v) is 34.5. The van der Waals surface area contributed by atoms with E-state index in [4.69, 9.17) is 23.7 Å². The molecule has 7 aliphatic heterocycles. The minimum atomic E-state index is -1.37. The third kappa shape index (κ3) is 5.47. The Hall–Kier alpha value is -4.93. The highest BCUT2D eigenvalue weighted by atomic mass is 32.2. The molecule has 59 heavy (non-hydrogen) atoms. The summed E-state index contributed by atoms with van der Waals surface area (Å²) >= 11 is 1.62. The summed E-state index contributed by atoms with van der Waals surface area (Å²) in [6.45, 7) is 9.95. The molecule has 11 rings (SSSR count). The van der Waals surface area contributed by atoms with Crippen molar-refractivity contribution in [2.24, 2.45) is 0 Å². The number of thioether (sulfide) groups is 1. The van der Waals surface area contributed by atoms with Gasteiger partial charge in [-0.3, -0.25) is 15.1 Å². The van der Waals surface area contributed by atoms with Gasteiger partial charge in [0.15, 0.2) is 28.5 Å². The maximum absolute atomic E-state index is 15.2. The van der Waals surface area contributed by atoms with E-state index < -0.39 is 35.9 Å². The van der Waals surface area contributed by atoms with E-state index in [0.717, 1.165) is 61.1 Å². The van der Waals surface area contributed by atoms with Crippen molar-refractivity contribution < 1.29 is 43.5 Å². The molecule has 7 aliphatic rings. The largest absolute Gasteiger partial charge is 0.504 e. The molecule has 2 saturated heterocycles. The number of esters is 1. The van der Waals surface area contributed by atoms with Gasteiger partial charge in [-0.05, 0) is 80.1 Å². The number of phenols is 1. The standard InChI is InChI=1S/C44H49N5O9S/c1-7-12-55-43(53)45-16-24-15-26-25-10-8-9-11-27(25)46-40(26)44(47-24)18-59-39-30-21(3)22(4)37-38(58-19-57-37)32(30)29(17-56-42(44)52)49-34(39)33-31-23(14-28(41(49)51)48(33)5)13-20(2)36(54-6)35(31)50/h7-11,13,24,28-29,33-34,39,41,46-47,50-51H,1,12,14-19H2,2-6H3,(H,45,53)/t24-,28-,29-,33+,34+,39+,41-,44+/m0/s1. The fourth-order valence-electron chi connectivity index (χ4n) is 11.0. The number of aliphatic hydroxyl groups excluding tert-OH is 1. The number of amides is 1. The number of aromatic hydroxyl groups is 1. The summed E-state index contributed by atoms with van der Waals surface area (Å²) in [5.74, 6) is 1.57. The lowest BCUT2D eigenvalue weighted by Gasteiger charge is -2.62. The minimum absolute atomic E-state index is 0.0590. The Morgan fingerprint density at radius 2 is 1.92 bits per heavy atom. The number of phenolic OH excluding ortho intramolecular Hbond substituents is 1. The number of likely N-dealkylation sites (N-methyl/N-ethyl adjacent to an activating group) is 1. The van der Waals surface area contributed by atoms with E-state index in [9.17, 15) is 15.0 Å². The second kappa shape index (κ2) is 14.1. The van der Waals surface area contributed by atoms with E-state index in [1.807, 2.05) is 39.1 Å². The van der Waals surface area contributed by atoms with Crippen LogP contribution in [0.2, 0.25) is 0 Å². The molecular formula is C44H49N5O9S. The molecule has 0 unspecified atom stereocenters. The highest BCUT2D eigenvalue weighted by Gasteiger charge is 2.61. The van der Waals surface area contributed by atoms with Crippen LogP contribution in [0.25, 0.3) is 10.9 Å². The van der Waals surface area contributed by atoms with Crippen LogP contribution in [0.15, 0.2) is 43.0 Å². The minimum Gasteiger partial charge on any atom is -0.504 e. The number of rotatable bonds is 5. The Morgan fingerprint density at radius 3 is 2.71 bits per heavy atom. The lowest BCUT2D eigenvalue weighted by atomic mass is 9.72. The summed E-state index contributed by atoms with van der Waals surface area (Å²) in [6, 6.07) is 7.96. The maximum Gasteiger partial charge on any atom is 0.407 e. The molecule has 310 valence electrons. The first-order valence-electron chi connectivity index (χ1n) is 20.2. The molecule has 2 fully saturated rings. The van der Waals surface area contributed by atoms with Crippen molar-refractivity contribution in [3.8, 4) is 23.0 Å². The van der Waals surface area contributed by atoms with Crippen LogP contribution >= 0.6 is 11.8 Å². The van der Waals surface area contributed by atoms with Crippen LogP contribution in [0.3, 0.4) is 0 Å². The molecule has 8 atom stereocenters. The van der Waals surface area contributed by atoms with Crippen LogP contribution in [-0.2, 0) is 32.6 Å². The SMILES string of the molecule is C=CCOC(=O)NC[C@@H]1Cc2c([nH]c3ccccc23)[C@@]2(CS[C@@H]3c4c(C)c(C)c5c(c4[C@H](COC2=O)N2[C@@H]3[C@H]3c4c(cc(C)c(OC)c4O)C[C@@H]([C@@H]2O)N3C)OCO5)N1. The second-order valence-corrected chi connectivity index (χ2v) is 17.7. The Morgan fingerprint density at radius 1 is 1.12 bits per heavy atom. The summed E-state index contributed by atoms with van der Waals surface area (Å²) in [5.41, 5.74) is 7.73. The number of ether oxygens (including phenoxy) is 5. The zero-order valence-electron chi connectivity index (χ0n) is 33.7. The molecule has 3 aromatic carbocycles. The van der Waals surface area contributed by atoms with Gasteiger partial charge in [-0.2, -0.15) is 0 Å². The van der Waals surface area contributed by atoms with Gasteiger partial charge in [0.05, 0.1) is 30.9 Å². The molecule has 15 heteroatoms. The zero-order chi connectivity index (χ0) is 41.1. The predicted octanol–water partition coefficient (Wildman–Crippen LogP) is 4.84. The van der Waals surface area contributed by atoms with Crippen LogP contribution in [0.4, 0.5) is 4.79 Å². The van der Waals surface area contributed by atoms with Gasteiger partial charge in [0.2, 0.25) is 6.79 Å².